The summed E-state index contributed by atoms with van der Waals surface area (Å²) in [6.07, 6.45) is 9.03. The van der Waals surface area contributed by atoms with E-state index in [2.05, 4.69) is 19.2 Å². The van der Waals surface area contributed by atoms with E-state index in [-0.39, 0.29) is 6.03 Å². The predicted octanol–water partition coefficient (Wildman–Crippen LogP) is 3.39. The molecule has 0 aromatic carbocycles. The molecule has 2 amide bonds. The average molecular weight is 310 g/mol. The van der Waals surface area contributed by atoms with Gasteiger partial charge in [0.2, 0.25) is 0 Å². The van der Waals surface area contributed by atoms with Gasteiger partial charge in [-0.15, -0.1) is 0 Å². The third-order valence-corrected chi connectivity index (χ3v) is 5.93. The molecule has 2 unspecified atom stereocenters. The molecular weight excluding hydrogens is 276 g/mol. The number of urea groups is 1. The monoisotopic (exact) mass is 310 g/mol. The number of hydrogen-bond acceptors (Lipinski definition) is 2. The summed E-state index contributed by atoms with van der Waals surface area (Å²) in [5, 5.41) is 12.5. The van der Waals surface area contributed by atoms with Crippen molar-refractivity contribution < 1.29 is 9.90 Å². The SMILES string of the molecule is CC(C)C1CCCCC1NC(=O)N(C)C1CCC(CO)CC1. The van der Waals surface area contributed by atoms with Gasteiger partial charge in [-0.2, -0.15) is 0 Å². The number of rotatable bonds is 4. The lowest BCUT2D eigenvalue weighted by molar-refractivity contribution is 0.126. The molecule has 2 aliphatic carbocycles. The predicted molar refractivity (Wildman–Crippen MR) is 89.7 cm³/mol. The molecular formula is C18H34N2O2. The van der Waals surface area contributed by atoms with Crippen molar-refractivity contribution in [3.05, 3.63) is 0 Å². The zero-order valence-electron chi connectivity index (χ0n) is 14.6. The average Bonchev–Trinajstić information content (AvgIpc) is 2.54. The van der Waals surface area contributed by atoms with Gasteiger partial charge in [0.25, 0.3) is 0 Å². The Bertz CT molecular complexity index is 351. The highest BCUT2D eigenvalue weighted by Gasteiger charge is 2.31. The molecule has 0 aromatic rings. The van der Waals surface area contributed by atoms with Gasteiger partial charge in [0.1, 0.15) is 0 Å². The zero-order chi connectivity index (χ0) is 16.1. The first-order valence-electron chi connectivity index (χ1n) is 9.17. The number of carbonyl (C=O) groups is 1. The van der Waals surface area contributed by atoms with Crippen molar-refractivity contribution in [2.75, 3.05) is 13.7 Å². The number of amides is 2. The summed E-state index contributed by atoms with van der Waals surface area (Å²) < 4.78 is 0. The second-order valence-electron chi connectivity index (χ2n) is 7.72. The minimum Gasteiger partial charge on any atom is -0.396 e. The maximum absolute atomic E-state index is 12.6. The highest BCUT2D eigenvalue weighted by molar-refractivity contribution is 5.74. The molecule has 2 atom stereocenters. The molecule has 0 radical (unpaired) electrons. The Labute approximate surface area is 135 Å². The van der Waals surface area contributed by atoms with Crippen LogP contribution in [0.5, 0.6) is 0 Å². The van der Waals surface area contributed by atoms with Crippen molar-refractivity contribution in [3.63, 3.8) is 0 Å². The van der Waals surface area contributed by atoms with Gasteiger partial charge in [0, 0.05) is 25.7 Å². The van der Waals surface area contributed by atoms with E-state index in [1.807, 2.05) is 11.9 Å². The molecule has 0 aliphatic heterocycles. The quantitative estimate of drug-likeness (QED) is 0.836. The Balaban J connectivity index is 1.85. The minimum absolute atomic E-state index is 0.102. The highest BCUT2D eigenvalue weighted by atomic mass is 16.3. The van der Waals surface area contributed by atoms with Gasteiger partial charge >= 0.3 is 6.03 Å². The first-order valence-corrected chi connectivity index (χ1v) is 9.17. The molecule has 128 valence electrons. The van der Waals surface area contributed by atoms with E-state index >= 15 is 0 Å². The largest absolute Gasteiger partial charge is 0.396 e. The zero-order valence-corrected chi connectivity index (χ0v) is 14.6. The lowest BCUT2D eigenvalue weighted by Gasteiger charge is -2.38. The molecule has 2 aliphatic rings. The van der Waals surface area contributed by atoms with Crippen molar-refractivity contribution in [1.82, 2.24) is 10.2 Å². The second-order valence-corrected chi connectivity index (χ2v) is 7.72. The summed E-state index contributed by atoms with van der Waals surface area (Å²) in [5.74, 6) is 1.70. The number of hydrogen-bond donors (Lipinski definition) is 2. The maximum Gasteiger partial charge on any atom is 0.317 e. The van der Waals surface area contributed by atoms with Crippen LogP contribution >= 0.6 is 0 Å². The second kappa shape index (κ2) is 8.19. The van der Waals surface area contributed by atoms with Crippen LogP contribution in [-0.4, -0.2) is 41.8 Å². The molecule has 0 aromatic heterocycles. The molecule has 0 saturated heterocycles. The highest BCUT2D eigenvalue weighted by Crippen LogP contribution is 2.31. The van der Waals surface area contributed by atoms with Crippen molar-refractivity contribution in [2.24, 2.45) is 17.8 Å². The third-order valence-electron chi connectivity index (χ3n) is 5.93. The van der Waals surface area contributed by atoms with Crippen molar-refractivity contribution in [1.29, 1.82) is 0 Å². The van der Waals surface area contributed by atoms with Crippen LogP contribution < -0.4 is 5.32 Å². The minimum atomic E-state index is 0.102. The molecule has 4 heteroatoms. The summed E-state index contributed by atoms with van der Waals surface area (Å²) >= 11 is 0. The van der Waals surface area contributed by atoms with Crippen LogP contribution in [0.4, 0.5) is 4.79 Å². The van der Waals surface area contributed by atoms with Crippen molar-refractivity contribution in [2.45, 2.75) is 77.3 Å². The smallest absolute Gasteiger partial charge is 0.317 e. The van der Waals surface area contributed by atoms with Gasteiger partial charge in [-0.25, -0.2) is 4.79 Å². The van der Waals surface area contributed by atoms with Gasteiger partial charge in [-0.05, 0) is 56.3 Å². The molecule has 2 N–H and O–H groups in total. The lowest BCUT2D eigenvalue weighted by Crippen LogP contribution is -2.51. The van der Waals surface area contributed by atoms with Gasteiger partial charge < -0.3 is 15.3 Å². The third kappa shape index (κ3) is 4.37. The fourth-order valence-corrected chi connectivity index (χ4v) is 4.28. The van der Waals surface area contributed by atoms with Crippen molar-refractivity contribution >= 4 is 6.03 Å². The van der Waals surface area contributed by atoms with Crippen LogP contribution in [0.1, 0.15) is 65.2 Å². The number of nitrogens with one attached hydrogen (secondary N) is 1. The number of nitrogens with zero attached hydrogens (tertiary/aromatic N) is 1. The lowest BCUT2D eigenvalue weighted by atomic mass is 9.78. The van der Waals surface area contributed by atoms with Crippen LogP contribution in [0.15, 0.2) is 0 Å². The Morgan fingerprint density at radius 2 is 1.77 bits per heavy atom. The topological polar surface area (TPSA) is 52.6 Å². The number of aliphatic hydroxyl groups is 1. The Morgan fingerprint density at radius 1 is 1.14 bits per heavy atom. The standard InChI is InChI=1S/C18H34N2O2/c1-13(2)16-6-4-5-7-17(16)19-18(22)20(3)15-10-8-14(12-21)9-11-15/h13-17,21H,4-12H2,1-3H3,(H,19,22). The molecule has 2 saturated carbocycles. The normalized spacial score (nSPS) is 32.8. The fraction of sp³-hybridized carbons (Fsp3) is 0.944. The van der Waals surface area contributed by atoms with Crippen LogP contribution in [0, 0.1) is 17.8 Å². The number of aliphatic hydroxyl groups excluding tert-OH is 1. The van der Waals surface area contributed by atoms with Crippen LogP contribution in [0.3, 0.4) is 0 Å². The Morgan fingerprint density at radius 3 is 2.36 bits per heavy atom. The van der Waals surface area contributed by atoms with E-state index in [0.29, 0.717) is 36.4 Å². The van der Waals surface area contributed by atoms with Gasteiger partial charge in [0.15, 0.2) is 0 Å². The van der Waals surface area contributed by atoms with Gasteiger partial charge in [-0.1, -0.05) is 26.7 Å². The molecule has 22 heavy (non-hydrogen) atoms. The molecule has 4 nitrogen and oxygen atoms in total. The molecule has 0 bridgehead atoms. The molecule has 0 spiro atoms. The van der Waals surface area contributed by atoms with E-state index in [9.17, 15) is 9.90 Å². The first-order chi connectivity index (χ1) is 10.5. The van der Waals surface area contributed by atoms with E-state index in [4.69, 9.17) is 0 Å². The number of carbonyl (C=O) groups excluding carboxylic acids is 1. The van der Waals surface area contributed by atoms with E-state index in [0.717, 1.165) is 32.1 Å². The van der Waals surface area contributed by atoms with Crippen molar-refractivity contribution in [3.8, 4) is 0 Å². The summed E-state index contributed by atoms with van der Waals surface area (Å²) in [4.78, 5) is 14.5. The van der Waals surface area contributed by atoms with E-state index in [1.54, 1.807) is 0 Å². The summed E-state index contributed by atoms with van der Waals surface area (Å²) in [6.45, 7) is 4.84. The fourth-order valence-electron chi connectivity index (χ4n) is 4.28. The summed E-state index contributed by atoms with van der Waals surface area (Å²) in [5.41, 5.74) is 0. The van der Waals surface area contributed by atoms with E-state index < -0.39 is 0 Å². The Kier molecular flexibility index (Phi) is 6.54. The molecule has 2 rings (SSSR count). The van der Waals surface area contributed by atoms with Crippen LogP contribution in [0.25, 0.3) is 0 Å². The molecule has 0 heterocycles. The summed E-state index contributed by atoms with van der Waals surface area (Å²) in [6, 6.07) is 0.784. The maximum atomic E-state index is 12.6. The molecule has 2 fully saturated rings. The van der Waals surface area contributed by atoms with Crippen LogP contribution in [0.2, 0.25) is 0 Å². The van der Waals surface area contributed by atoms with Crippen LogP contribution in [-0.2, 0) is 0 Å². The van der Waals surface area contributed by atoms with Gasteiger partial charge in [0.05, 0.1) is 0 Å². The first kappa shape index (κ1) is 17.6. The Hall–Kier alpha value is -0.770. The summed E-state index contributed by atoms with van der Waals surface area (Å²) in [7, 11) is 1.94. The van der Waals surface area contributed by atoms with E-state index in [1.165, 1.54) is 19.3 Å². The van der Waals surface area contributed by atoms with Gasteiger partial charge in [-0.3, -0.25) is 0 Å².